The van der Waals surface area contributed by atoms with E-state index in [1.54, 1.807) is 6.20 Å². The van der Waals surface area contributed by atoms with Crippen molar-refractivity contribution in [3.63, 3.8) is 0 Å². The predicted molar refractivity (Wildman–Crippen MR) is 93.2 cm³/mol. The average Bonchev–Trinajstić information content (AvgIpc) is 3.08. The number of para-hydroxylation sites is 1. The van der Waals surface area contributed by atoms with E-state index < -0.39 is 5.92 Å². The highest BCUT2D eigenvalue weighted by Gasteiger charge is 2.40. The van der Waals surface area contributed by atoms with Crippen LogP contribution in [0.25, 0.3) is 0 Å². The number of nitrogens with zero attached hydrogens (tertiary/aromatic N) is 2. The molecule has 0 bridgehead atoms. The summed E-state index contributed by atoms with van der Waals surface area (Å²) in [5.41, 5.74) is 3.59. The van der Waals surface area contributed by atoms with E-state index in [-0.39, 0.29) is 10.6 Å². The van der Waals surface area contributed by atoms with Crippen molar-refractivity contribution in [1.82, 2.24) is 10.2 Å². The molecule has 0 saturated heterocycles. The summed E-state index contributed by atoms with van der Waals surface area (Å²) in [4.78, 5) is 11.7. The number of fused-ring (bicyclic) bond motifs is 2. The molecular weight excluding hydrogens is 320 g/mol. The highest BCUT2D eigenvalue weighted by Crippen LogP contribution is 2.46. The van der Waals surface area contributed by atoms with E-state index in [0.29, 0.717) is 18.7 Å². The van der Waals surface area contributed by atoms with Crippen LogP contribution in [0.15, 0.2) is 35.8 Å². The Bertz CT molecular complexity index is 856. The quantitative estimate of drug-likeness (QED) is 0.655. The summed E-state index contributed by atoms with van der Waals surface area (Å²) in [6, 6.07) is 5.93. The average molecular weight is 340 g/mol. The third kappa shape index (κ3) is 2.56. The molecular formula is C18H20N4O3. The van der Waals surface area contributed by atoms with Crippen LogP contribution in [0, 0.1) is 10.1 Å². The van der Waals surface area contributed by atoms with Crippen LogP contribution in [-0.4, -0.2) is 21.7 Å². The molecule has 2 aliphatic heterocycles. The molecule has 1 aromatic heterocycles. The molecule has 7 nitrogen and oxygen atoms in total. The van der Waals surface area contributed by atoms with E-state index in [4.69, 9.17) is 4.74 Å². The number of H-pyrrole nitrogens is 1. The van der Waals surface area contributed by atoms with Crippen molar-refractivity contribution in [3.05, 3.63) is 62.6 Å². The molecule has 0 fully saturated rings. The third-order valence-corrected chi connectivity index (χ3v) is 4.81. The molecule has 2 aliphatic rings. The van der Waals surface area contributed by atoms with E-state index >= 15 is 0 Å². The maximum absolute atomic E-state index is 12.0. The molecule has 2 aromatic rings. The van der Waals surface area contributed by atoms with Crippen molar-refractivity contribution >= 4 is 5.82 Å². The third-order valence-electron chi connectivity index (χ3n) is 4.81. The fourth-order valence-corrected chi connectivity index (χ4v) is 3.76. The number of nitro groups is 1. The number of allylic oxidation sites excluding steroid dienone is 2. The minimum atomic E-state index is -0.486. The van der Waals surface area contributed by atoms with Crippen LogP contribution < -0.4 is 10.1 Å². The Morgan fingerprint density at radius 1 is 1.40 bits per heavy atom. The van der Waals surface area contributed by atoms with Crippen LogP contribution >= 0.6 is 0 Å². The van der Waals surface area contributed by atoms with Gasteiger partial charge in [-0.25, -0.2) is 0 Å². The lowest BCUT2D eigenvalue weighted by Crippen LogP contribution is -2.24. The van der Waals surface area contributed by atoms with E-state index in [1.165, 1.54) is 0 Å². The number of aryl methyl sites for hydroxylation is 1. The van der Waals surface area contributed by atoms with Gasteiger partial charge in [0.25, 0.3) is 5.70 Å². The van der Waals surface area contributed by atoms with Crippen LogP contribution in [0.1, 0.15) is 48.8 Å². The molecule has 25 heavy (non-hydrogen) atoms. The number of aromatic amines is 1. The van der Waals surface area contributed by atoms with Crippen molar-refractivity contribution in [1.29, 1.82) is 0 Å². The van der Waals surface area contributed by atoms with Gasteiger partial charge in [0, 0.05) is 11.1 Å². The molecule has 1 unspecified atom stereocenters. The minimum absolute atomic E-state index is 0.193. The summed E-state index contributed by atoms with van der Waals surface area (Å²) in [6.45, 7) is 2.66. The van der Waals surface area contributed by atoms with Crippen LogP contribution in [0.3, 0.4) is 0 Å². The van der Waals surface area contributed by atoms with Gasteiger partial charge in [-0.15, -0.1) is 0 Å². The van der Waals surface area contributed by atoms with Gasteiger partial charge in [-0.2, -0.15) is 5.10 Å². The molecule has 1 atom stereocenters. The summed E-state index contributed by atoms with van der Waals surface area (Å²) >= 11 is 0. The van der Waals surface area contributed by atoms with Gasteiger partial charge in [0.1, 0.15) is 17.5 Å². The van der Waals surface area contributed by atoms with Gasteiger partial charge >= 0.3 is 0 Å². The van der Waals surface area contributed by atoms with Gasteiger partial charge in [0.15, 0.2) is 0 Å². The summed E-state index contributed by atoms with van der Waals surface area (Å²) in [5, 5.41) is 22.2. The van der Waals surface area contributed by atoms with Gasteiger partial charge in [-0.05, 0) is 24.8 Å². The summed E-state index contributed by atoms with van der Waals surface area (Å²) in [5.74, 6) is 1.04. The lowest BCUT2D eigenvalue weighted by atomic mass is 9.84. The number of anilines is 1. The topological polar surface area (TPSA) is 93.1 Å². The summed E-state index contributed by atoms with van der Waals surface area (Å²) in [7, 11) is 0. The molecule has 130 valence electrons. The van der Waals surface area contributed by atoms with Gasteiger partial charge in [-0.1, -0.05) is 31.5 Å². The second-order valence-electron chi connectivity index (χ2n) is 6.42. The fraction of sp³-hybridized carbons (Fsp3) is 0.389. The summed E-state index contributed by atoms with van der Waals surface area (Å²) < 4.78 is 5.93. The molecule has 2 N–H and O–H groups in total. The van der Waals surface area contributed by atoms with Crippen molar-refractivity contribution in [2.45, 2.75) is 38.5 Å². The molecule has 1 aromatic carbocycles. The predicted octanol–water partition coefficient (Wildman–Crippen LogP) is 3.58. The maximum Gasteiger partial charge on any atom is 0.277 e. The standard InChI is InChI=1S/C18H20N4O3/c1-2-5-14-16(22(23)24)15(13-10-19-21-18(13)20-14)12-8-3-6-11-7-4-9-25-17(11)12/h3,6,8,10,15H,2,4-5,7,9H2,1H3,(H2,19,20,21). The molecule has 0 radical (unpaired) electrons. The molecule has 7 heteroatoms. The number of hydrogen-bond donors (Lipinski definition) is 2. The Morgan fingerprint density at radius 2 is 2.28 bits per heavy atom. The van der Waals surface area contributed by atoms with Crippen molar-refractivity contribution in [3.8, 4) is 5.75 Å². The molecule has 3 heterocycles. The van der Waals surface area contributed by atoms with Gasteiger partial charge < -0.3 is 10.1 Å². The highest BCUT2D eigenvalue weighted by atomic mass is 16.6. The smallest absolute Gasteiger partial charge is 0.277 e. The maximum atomic E-state index is 12.0. The van der Waals surface area contributed by atoms with Crippen molar-refractivity contribution in [2.24, 2.45) is 0 Å². The van der Waals surface area contributed by atoms with Crippen LogP contribution in [0.2, 0.25) is 0 Å². The van der Waals surface area contributed by atoms with E-state index in [1.807, 2.05) is 25.1 Å². The number of ether oxygens (including phenoxy) is 1. The van der Waals surface area contributed by atoms with E-state index in [2.05, 4.69) is 15.5 Å². The van der Waals surface area contributed by atoms with Crippen LogP contribution in [0.5, 0.6) is 5.75 Å². The Labute approximate surface area is 145 Å². The lowest BCUT2D eigenvalue weighted by molar-refractivity contribution is -0.430. The second kappa shape index (κ2) is 6.23. The highest BCUT2D eigenvalue weighted by molar-refractivity contribution is 5.62. The van der Waals surface area contributed by atoms with E-state index in [0.717, 1.165) is 47.5 Å². The Kier molecular flexibility index (Phi) is 3.91. The fourth-order valence-electron chi connectivity index (χ4n) is 3.76. The van der Waals surface area contributed by atoms with Gasteiger partial charge in [0.2, 0.25) is 0 Å². The van der Waals surface area contributed by atoms with Crippen LogP contribution in [0.4, 0.5) is 5.82 Å². The van der Waals surface area contributed by atoms with Gasteiger partial charge in [-0.3, -0.25) is 15.2 Å². The molecule has 0 spiro atoms. The monoisotopic (exact) mass is 340 g/mol. The molecule has 4 rings (SSSR count). The van der Waals surface area contributed by atoms with Crippen molar-refractivity contribution in [2.75, 3.05) is 11.9 Å². The second-order valence-corrected chi connectivity index (χ2v) is 6.42. The first-order chi connectivity index (χ1) is 12.2. The first kappa shape index (κ1) is 15.7. The zero-order valence-electron chi connectivity index (χ0n) is 14.0. The lowest BCUT2D eigenvalue weighted by Gasteiger charge is -2.27. The van der Waals surface area contributed by atoms with Crippen molar-refractivity contribution < 1.29 is 9.66 Å². The Balaban J connectivity index is 1.93. The first-order valence-corrected chi connectivity index (χ1v) is 8.63. The zero-order chi connectivity index (χ0) is 17.4. The Hall–Kier alpha value is -2.83. The van der Waals surface area contributed by atoms with Crippen LogP contribution in [-0.2, 0) is 6.42 Å². The number of nitrogens with one attached hydrogen (secondary N) is 2. The molecule has 0 amide bonds. The van der Waals surface area contributed by atoms with E-state index in [9.17, 15) is 10.1 Å². The van der Waals surface area contributed by atoms with Gasteiger partial charge in [0.05, 0.1) is 23.4 Å². The summed E-state index contributed by atoms with van der Waals surface area (Å²) in [6.07, 6.45) is 5.01. The largest absolute Gasteiger partial charge is 0.493 e. The normalized spacial score (nSPS) is 18.8. The first-order valence-electron chi connectivity index (χ1n) is 8.63. The molecule has 0 saturated carbocycles. The Morgan fingerprint density at radius 3 is 3.08 bits per heavy atom. The molecule has 0 aliphatic carbocycles. The minimum Gasteiger partial charge on any atom is -0.493 e. The number of aromatic nitrogens is 2. The number of rotatable bonds is 4. The SMILES string of the molecule is CCCC1=C([N+](=O)[O-])C(c2cccc3c2OCCC3)c2cn[nH]c2N1. The number of hydrogen-bond acceptors (Lipinski definition) is 5. The number of benzene rings is 1. The zero-order valence-corrected chi connectivity index (χ0v) is 14.0.